The number of nitriles is 1. The minimum atomic E-state index is -0.646. The van der Waals surface area contributed by atoms with E-state index < -0.39 is 5.54 Å². The summed E-state index contributed by atoms with van der Waals surface area (Å²) in [6, 6.07) is 2.26. The summed E-state index contributed by atoms with van der Waals surface area (Å²) in [5, 5.41) is 21.1. The van der Waals surface area contributed by atoms with Crippen LogP contribution in [0.2, 0.25) is 0 Å². The van der Waals surface area contributed by atoms with Crippen molar-refractivity contribution in [1.29, 1.82) is 5.26 Å². The summed E-state index contributed by atoms with van der Waals surface area (Å²) in [4.78, 5) is 14.0. The van der Waals surface area contributed by atoms with E-state index in [0.29, 0.717) is 6.54 Å². The predicted molar refractivity (Wildman–Crippen MR) is 73.4 cm³/mol. The summed E-state index contributed by atoms with van der Waals surface area (Å²) in [5.74, 6) is -0.104. The van der Waals surface area contributed by atoms with Crippen molar-refractivity contribution in [3.8, 4) is 6.07 Å². The quantitative estimate of drug-likeness (QED) is 0.689. The van der Waals surface area contributed by atoms with Gasteiger partial charge in [-0.2, -0.15) is 5.26 Å². The number of aliphatic hydroxyl groups is 1. The maximum absolute atomic E-state index is 12.0. The molecule has 0 atom stereocenters. The molecule has 1 fully saturated rings. The zero-order valence-corrected chi connectivity index (χ0v) is 11.8. The molecule has 1 aliphatic carbocycles. The van der Waals surface area contributed by atoms with E-state index in [1.165, 1.54) is 0 Å². The molecule has 1 rings (SSSR count). The normalized spacial score (nSPS) is 17.4. The first kappa shape index (κ1) is 15.9. The molecule has 5 nitrogen and oxygen atoms in total. The van der Waals surface area contributed by atoms with E-state index in [1.54, 1.807) is 0 Å². The number of carbonyl (C=O) groups is 1. The summed E-state index contributed by atoms with van der Waals surface area (Å²) in [6.07, 6.45) is 5.59. The van der Waals surface area contributed by atoms with Gasteiger partial charge in [0.25, 0.3) is 0 Å². The molecule has 0 saturated heterocycles. The van der Waals surface area contributed by atoms with Crippen molar-refractivity contribution in [3.05, 3.63) is 0 Å². The van der Waals surface area contributed by atoms with Gasteiger partial charge in [0.1, 0.15) is 5.54 Å². The Morgan fingerprint density at radius 3 is 2.63 bits per heavy atom. The Morgan fingerprint density at radius 2 is 2.11 bits per heavy atom. The maximum Gasteiger partial charge on any atom is 0.235 e. The van der Waals surface area contributed by atoms with Crippen LogP contribution in [0.1, 0.15) is 45.4 Å². The van der Waals surface area contributed by atoms with Gasteiger partial charge >= 0.3 is 0 Å². The third kappa shape index (κ3) is 5.17. The van der Waals surface area contributed by atoms with E-state index in [2.05, 4.69) is 18.3 Å². The van der Waals surface area contributed by atoms with Crippen molar-refractivity contribution < 1.29 is 9.90 Å². The maximum atomic E-state index is 12.0. The predicted octanol–water partition coefficient (Wildman–Crippen LogP) is 1.03. The first-order valence-corrected chi connectivity index (χ1v) is 7.21. The van der Waals surface area contributed by atoms with Gasteiger partial charge in [-0.1, -0.05) is 13.3 Å². The Morgan fingerprint density at radius 1 is 1.42 bits per heavy atom. The van der Waals surface area contributed by atoms with Gasteiger partial charge in [0.15, 0.2) is 0 Å². The van der Waals surface area contributed by atoms with E-state index in [0.717, 1.165) is 45.1 Å². The molecule has 0 aliphatic heterocycles. The lowest BCUT2D eigenvalue weighted by atomic mass is 10.00. The van der Waals surface area contributed by atoms with Crippen molar-refractivity contribution in [2.75, 3.05) is 26.2 Å². The van der Waals surface area contributed by atoms with Crippen LogP contribution in [0.25, 0.3) is 0 Å². The van der Waals surface area contributed by atoms with Crippen molar-refractivity contribution in [1.82, 2.24) is 10.2 Å². The number of hydrogen-bond acceptors (Lipinski definition) is 4. The average molecular weight is 267 g/mol. The van der Waals surface area contributed by atoms with E-state index in [-0.39, 0.29) is 19.1 Å². The minimum Gasteiger partial charge on any atom is -0.395 e. The number of hydrogen-bond donors (Lipinski definition) is 2. The van der Waals surface area contributed by atoms with Crippen LogP contribution in [0, 0.1) is 11.3 Å². The molecule has 19 heavy (non-hydrogen) atoms. The summed E-state index contributed by atoms with van der Waals surface area (Å²) in [6.45, 7) is 3.74. The van der Waals surface area contributed by atoms with E-state index in [9.17, 15) is 10.1 Å². The Bertz CT molecular complexity index is 319. The number of aliphatic hydroxyl groups excluding tert-OH is 1. The van der Waals surface area contributed by atoms with E-state index in [4.69, 9.17) is 5.11 Å². The van der Waals surface area contributed by atoms with Gasteiger partial charge in [-0.15, -0.1) is 0 Å². The molecule has 0 unspecified atom stereocenters. The molecule has 0 aromatic rings. The van der Waals surface area contributed by atoms with Crippen LogP contribution in [0.15, 0.2) is 0 Å². The van der Waals surface area contributed by atoms with E-state index in [1.807, 2.05) is 4.90 Å². The zero-order valence-electron chi connectivity index (χ0n) is 11.8. The molecule has 1 amide bonds. The number of carbonyl (C=O) groups excluding carboxylic acids is 1. The molecule has 1 saturated carbocycles. The summed E-state index contributed by atoms with van der Waals surface area (Å²) >= 11 is 0. The van der Waals surface area contributed by atoms with Gasteiger partial charge in [0.05, 0.1) is 19.2 Å². The van der Waals surface area contributed by atoms with Gasteiger partial charge in [-0.25, -0.2) is 0 Å². The molecule has 108 valence electrons. The van der Waals surface area contributed by atoms with Crippen molar-refractivity contribution in [2.45, 2.75) is 51.0 Å². The van der Waals surface area contributed by atoms with Crippen LogP contribution in [0.4, 0.5) is 0 Å². The topological polar surface area (TPSA) is 76.4 Å². The number of unbranched alkanes of at least 4 members (excludes halogenated alkanes) is 1. The number of amides is 1. The molecule has 1 aliphatic rings. The molecule has 0 aromatic carbocycles. The molecule has 0 spiro atoms. The van der Waals surface area contributed by atoms with Crippen LogP contribution in [0.3, 0.4) is 0 Å². The summed E-state index contributed by atoms with van der Waals surface area (Å²) < 4.78 is 0. The monoisotopic (exact) mass is 267 g/mol. The Labute approximate surface area is 115 Å². The second-order valence-corrected chi connectivity index (χ2v) is 5.30. The standard InChI is InChI=1S/C14H25N3O2/c1-2-3-8-17(9-10-18)11-13(19)16-14(12-15)6-4-5-7-14/h18H,2-11H2,1H3,(H,16,19). The lowest BCUT2D eigenvalue weighted by molar-refractivity contribution is -0.123. The second-order valence-electron chi connectivity index (χ2n) is 5.30. The first-order chi connectivity index (χ1) is 9.15. The van der Waals surface area contributed by atoms with Gasteiger partial charge in [0, 0.05) is 6.54 Å². The zero-order chi connectivity index (χ0) is 14.1. The van der Waals surface area contributed by atoms with Crippen LogP contribution < -0.4 is 5.32 Å². The number of rotatable bonds is 8. The third-order valence-electron chi connectivity index (χ3n) is 3.66. The molecule has 2 N–H and O–H groups in total. The van der Waals surface area contributed by atoms with Gasteiger partial charge < -0.3 is 10.4 Å². The minimum absolute atomic E-state index is 0.0559. The smallest absolute Gasteiger partial charge is 0.235 e. The number of nitrogens with zero attached hydrogens (tertiary/aromatic N) is 2. The van der Waals surface area contributed by atoms with Crippen molar-refractivity contribution in [2.24, 2.45) is 0 Å². The van der Waals surface area contributed by atoms with Crippen molar-refractivity contribution in [3.63, 3.8) is 0 Å². The highest BCUT2D eigenvalue weighted by molar-refractivity contribution is 5.79. The molecule has 5 heteroatoms. The molecule has 0 aromatic heterocycles. The third-order valence-corrected chi connectivity index (χ3v) is 3.66. The molecular weight excluding hydrogens is 242 g/mol. The van der Waals surface area contributed by atoms with Crippen molar-refractivity contribution >= 4 is 5.91 Å². The van der Waals surface area contributed by atoms with Gasteiger partial charge in [-0.3, -0.25) is 9.69 Å². The fourth-order valence-electron chi connectivity index (χ4n) is 2.55. The first-order valence-electron chi connectivity index (χ1n) is 7.21. The summed E-state index contributed by atoms with van der Waals surface area (Å²) in [5.41, 5.74) is -0.646. The highest BCUT2D eigenvalue weighted by Gasteiger charge is 2.35. The Hall–Kier alpha value is -1.12. The Kier molecular flexibility index (Phi) is 6.82. The fraction of sp³-hybridized carbons (Fsp3) is 0.857. The highest BCUT2D eigenvalue weighted by atomic mass is 16.3. The molecule has 0 heterocycles. The van der Waals surface area contributed by atoms with Gasteiger partial charge in [0.2, 0.25) is 5.91 Å². The van der Waals surface area contributed by atoms with Gasteiger partial charge in [-0.05, 0) is 38.6 Å². The van der Waals surface area contributed by atoms with Crippen LogP contribution >= 0.6 is 0 Å². The molecule has 0 radical (unpaired) electrons. The SMILES string of the molecule is CCCCN(CCO)CC(=O)NC1(C#N)CCCC1. The largest absolute Gasteiger partial charge is 0.395 e. The second kappa shape index (κ2) is 8.13. The number of nitrogens with one attached hydrogen (secondary N) is 1. The highest BCUT2D eigenvalue weighted by Crippen LogP contribution is 2.28. The lowest BCUT2D eigenvalue weighted by Gasteiger charge is -2.25. The molecular formula is C14H25N3O2. The van der Waals surface area contributed by atoms with Crippen LogP contribution in [0.5, 0.6) is 0 Å². The lowest BCUT2D eigenvalue weighted by Crippen LogP contribution is -2.49. The average Bonchev–Trinajstić information content (AvgIpc) is 2.85. The Balaban J connectivity index is 2.45. The van der Waals surface area contributed by atoms with E-state index >= 15 is 0 Å². The van der Waals surface area contributed by atoms with Crippen LogP contribution in [-0.2, 0) is 4.79 Å². The van der Waals surface area contributed by atoms with Crippen LogP contribution in [-0.4, -0.2) is 47.7 Å². The molecule has 0 bridgehead atoms. The fourth-order valence-corrected chi connectivity index (χ4v) is 2.55. The summed E-state index contributed by atoms with van der Waals surface area (Å²) in [7, 11) is 0.